The van der Waals surface area contributed by atoms with Crippen LogP contribution in [-0.2, 0) is 14.3 Å². The molecule has 50 valence electrons. The van der Waals surface area contributed by atoms with Crippen molar-refractivity contribution in [3.05, 3.63) is 0 Å². The van der Waals surface area contributed by atoms with E-state index in [1.54, 1.807) is 0 Å². The molecule has 3 nitrogen and oxygen atoms in total. The van der Waals surface area contributed by atoms with E-state index in [1.165, 1.54) is 0 Å². The van der Waals surface area contributed by atoms with Crippen LogP contribution < -0.4 is 0 Å². The van der Waals surface area contributed by atoms with E-state index in [2.05, 4.69) is 4.74 Å². The van der Waals surface area contributed by atoms with Crippen LogP contribution in [0.15, 0.2) is 0 Å². The smallest absolute Gasteiger partial charge is 0.316 e. The molecule has 9 heavy (non-hydrogen) atoms. The predicted octanol–water partition coefficient (Wildman–Crippen LogP) is 0.139. The second-order valence-electron chi connectivity index (χ2n) is 2.05. The Bertz CT molecular complexity index is 130. The Morgan fingerprint density at radius 3 is 2.89 bits per heavy atom. The van der Waals surface area contributed by atoms with Crippen molar-refractivity contribution in [1.29, 1.82) is 0 Å². The number of aldehydes is 1. The van der Waals surface area contributed by atoms with Crippen molar-refractivity contribution >= 4 is 12.3 Å². The van der Waals surface area contributed by atoms with Gasteiger partial charge in [-0.15, -0.1) is 0 Å². The Balaban J connectivity index is 2.48. The Labute approximate surface area is 53.0 Å². The molecule has 1 saturated heterocycles. The normalized spacial score (nSPS) is 27.1. The standard InChI is InChI=1S/C6H8O3/c7-4-5-2-1-3-9-6(5)8/h4-5H,1-3H2. The summed E-state index contributed by atoms with van der Waals surface area (Å²) in [5, 5.41) is 0. The average Bonchev–Trinajstić information content (AvgIpc) is 1.89. The SMILES string of the molecule is O=CC1CCCOC1=O. The van der Waals surface area contributed by atoms with Crippen molar-refractivity contribution in [3.8, 4) is 0 Å². The highest BCUT2D eigenvalue weighted by Gasteiger charge is 2.22. The van der Waals surface area contributed by atoms with Gasteiger partial charge in [0.2, 0.25) is 0 Å². The number of rotatable bonds is 1. The summed E-state index contributed by atoms with van der Waals surface area (Å²) in [5.74, 6) is -0.852. The monoisotopic (exact) mass is 128 g/mol. The van der Waals surface area contributed by atoms with Crippen LogP contribution in [0.3, 0.4) is 0 Å². The number of cyclic esters (lactones) is 1. The predicted molar refractivity (Wildman–Crippen MR) is 29.7 cm³/mol. The lowest BCUT2D eigenvalue weighted by Gasteiger charge is -2.14. The van der Waals surface area contributed by atoms with Gasteiger partial charge >= 0.3 is 5.97 Å². The molecule has 0 bridgehead atoms. The number of carbonyl (C=O) groups excluding carboxylic acids is 2. The zero-order valence-electron chi connectivity index (χ0n) is 5.00. The minimum absolute atomic E-state index is 0.365. The van der Waals surface area contributed by atoms with Crippen LogP contribution in [0, 0.1) is 5.92 Å². The van der Waals surface area contributed by atoms with E-state index in [-0.39, 0.29) is 5.97 Å². The zero-order chi connectivity index (χ0) is 6.69. The number of hydrogen-bond donors (Lipinski definition) is 0. The number of ether oxygens (including phenoxy) is 1. The highest BCUT2D eigenvalue weighted by molar-refractivity contribution is 5.88. The fraction of sp³-hybridized carbons (Fsp3) is 0.667. The summed E-state index contributed by atoms with van der Waals surface area (Å²) in [6, 6.07) is 0. The average molecular weight is 128 g/mol. The quantitative estimate of drug-likeness (QED) is 0.286. The van der Waals surface area contributed by atoms with E-state index >= 15 is 0 Å². The van der Waals surface area contributed by atoms with Gasteiger partial charge in [0.1, 0.15) is 12.2 Å². The molecule has 0 N–H and O–H groups in total. The zero-order valence-corrected chi connectivity index (χ0v) is 5.00. The molecule has 0 saturated carbocycles. The summed E-state index contributed by atoms with van der Waals surface area (Å²) in [5.41, 5.74) is 0. The largest absolute Gasteiger partial charge is 0.465 e. The van der Waals surface area contributed by atoms with E-state index in [0.29, 0.717) is 19.3 Å². The maximum atomic E-state index is 10.6. The Kier molecular flexibility index (Phi) is 1.82. The first-order chi connectivity index (χ1) is 4.34. The van der Waals surface area contributed by atoms with Crippen molar-refractivity contribution in [3.63, 3.8) is 0 Å². The molecule has 0 spiro atoms. The van der Waals surface area contributed by atoms with Crippen molar-refractivity contribution in [2.24, 2.45) is 5.92 Å². The van der Waals surface area contributed by atoms with Crippen LogP contribution in [0.5, 0.6) is 0 Å². The van der Waals surface area contributed by atoms with Gasteiger partial charge in [-0.25, -0.2) is 0 Å². The van der Waals surface area contributed by atoms with Gasteiger partial charge in [0, 0.05) is 0 Å². The molecule has 1 atom stereocenters. The molecule has 1 rings (SSSR count). The highest BCUT2D eigenvalue weighted by atomic mass is 16.5. The lowest BCUT2D eigenvalue weighted by molar-refractivity contribution is -0.153. The Morgan fingerprint density at radius 2 is 2.44 bits per heavy atom. The van der Waals surface area contributed by atoms with Gasteiger partial charge in [-0.3, -0.25) is 4.79 Å². The van der Waals surface area contributed by atoms with Crippen molar-refractivity contribution in [2.45, 2.75) is 12.8 Å². The molecule has 1 aliphatic rings. The van der Waals surface area contributed by atoms with Crippen LogP contribution in [0.25, 0.3) is 0 Å². The van der Waals surface area contributed by atoms with Crippen LogP contribution in [0.4, 0.5) is 0 Å². The topological polar surface area (TPSA) is 43.4 Å². The van der Waals surface area contributed by atoms with Crippen molar-refractivity contribution in [2.75, 3.05) is 6.61 Å². The molecule has 0 aromatic heterocycles. The molecule has 3 heteroatoms. The lowest BCUT2D eigenvalue weighted by atomic mass is 10.0. The number of esters is 1. The van der Waals surface area contributed by atoms with E-state index < -0.39 is 5.92 Å². The summed E-state index contributed by atoms with van der Waals surface area (Å²) >= 11 is 0. The second kappa shape index (κ2) is 2.62. The molecule has 0 amide bonds. The van der Waals surface area contributed by atoms with E-state index in [4.69, 9.17) is 0 Å². The first-order valence-corrected chi connectivity index (χ1v) is 2.96. The maximum absolute atomic E-state index is 10.6. The molecule has 0 aliphatic carbocycles. The maximum Gasteiger partial charge on any atom is 0.316 e. The summed E-state index contributed by atoms with van der Waals surface area (Å²) in [4.78, 5) is 20.6. The van der Waals surface area contributed by atoms with Crippen LogP contribution in [0.1, 0.15) is 12.8 Å². The first kappa shape index (κ1) is 6.26. The van der Waals surface area contributed by atoms with Gasteiger partial charge in [0.25, 0.3) is 0 Å². The van der Waals surface area contributed by atoms with Gasteiger partial charge in [-0.1, -0.05) is 0 Å². The number of hydrogen-bond acceptors (Lipinski definition) is 3. The fourth-order valence-corrected chi connectivity index (χ4v) is 0.824. The van der Waals surface area contributed by atoms with Gasteiger partial charge in [0.15, 0.2) is 0 Å². The van der Waals surface area contributed by atoms with Gasteiger partial charge < -0.3 is 9.53 Å². The highest BCUT2D eigenvalue weighted by Crippen LogP contribution is 2.11. The molecule has 1 unspecified atom stereocenters. The molecule has 0 aromatic rings. The Morgan fingerprint density at radius 1 is 1.67 bits per heavy atom. The molecule has 1 fully saturated rings. The Hall–Kier alpha value is -0.860. The minimum Gasteiger partial charge on any atom is -0.465 e. The first-order valence-electron chi connectivity index (χ1n) is 2.96. The van der Waals surface area contributed by atoms with Gasteiger partial charge in [-0.2, -0.15) is 0 Å². The molecule has 0 radical (unpaired) electrons. The third kappa shape index (κ3) is 1.28. The third-order valence-electron chi connectivity index (χ3n) is 1.37. The molecular formula is C6H8O3. The summed E-state index contributed by atoms with van der Waals surface area (Å²) < 4.78 is 4.61. The fourth-order valence-electron chi connectivity index (χ4n) is 0.824. The minimum atomic E-state index is -0.487. The molecule has 1 aliphatic heterocycles. The summed E-state index contributed by atoms with van der Waals surface area (Å²) in [6.07, 6.45) is 2.12. The van der Waals surface area contributed by atoms with E-state index in [9.17, 15) is 9.59 Å². The van der Waals surface area contributed by atoms with Crippen LogP contribution in [0.2, 0.25) is 0 Å². The molecule has 1 heterocycles. The van der Waals surface area contributed by atoms with E-state index in [1.807, 2.05) is 0 Å². The van der Waals surface area contributed by atoms with Crippen molar-refractivity contribution in [1.82, 2.24) is 0 Å². The van der Waals surface area contributed by atoms with Crippen molar-refractivity contribution < 1.29 is 14.3 Å². The molecule has 0 aromatic carbocycles. The van der Waals surface area contributed by atoms with Gasteiger partial charge in [0.05, 0.1) is 6.61 Å². The van der Waals surface area contributed by atoms with E-state index in [0.717, 1.165) is 6.42 Å². The number of carbonyl (C=O) groups is 2. The van der Waals surface area contributed by atoms with Crippen LogP contribution in [-0.4, -0.2) is 18.9 Å². The second-order valence-corrected chi connectivity index (χ2v) is 2.05. The molecular weight excluding hydrogens is 120 g/mol. The van der Waals surface area contributed by atoms with Gasteiger partial charge in [-0.05, 0) is 12.8 Å². The summed E-state index contributed by atoms with van der Waals surface area (Å²) in [6.45, 7) is 0.475. The lowest BCUT2D eigenvalue weighted by Crippen LogP contribution is -2.24. The third-order valence-corrected chi connectivity index (χ3v) is 1.37. The van der Waals surface area contributed by atoms with Crippen LogP contribution >= 0.6 is 0 Å². The summed E-state index contributed by atoms with van der Waals surface area (Å²) in [7, 11) is 0.